The van der Waals surface area contributed by atoms with E-state index in [1.165, 1.54) is 11.0 Å². The van der Waals surface area contributed by atoms with Gasteiger partial charge in [0.1, 0.15) is 22.8 Å². The fourth-order valence-electron chi connectivity index (χ4n) is 6.57. The van der Waals surface area contributed by atoms with E-state index in [4.69, 9.17) is 10.5 Å². The molecule has 0 unspecified atom stereocenters. The Hall–Kier alpha value is -3.99. The first-order chi connectivity index (χ1) is 18.9. The number of aromatic hydroxyl groups is 1. The van der Waals surface area contributed by atoms with Crippen LogP contribution in [0.2, 0.25) is 0 Å². The van der Waals surface area contributed by atoms with Crippen molar-refractivity contribution in [3.05, 3.63) is 75.8 Å². The molecule has 0 aromatic heterocycles. The molecule has 0 heterocycles. The summed E-state index contributed by atoms with van der Waals surface area (Å²) >= 11 is 0. The Morgan fingerprint density at radius 3 is 2.52 bits per heavy atom. The summed E-state index contributed by atoms with van der Waals surface area (Å²) in [5.41, 5.74) is 4.73. The van der Waals surface area contributed by atoms with Crippen molar-refractivity contribution < 1.29 is 39.5 Å². The Morgan fingerprint density at radius 2 is 1.88 bits per heavy atom. The maximum Gasteiger partial charge on any atom is 0.255 e. The van der Waals surface area contributed by atoms with Gasteiger partial charge in [0.25, 0.3) is 5.91 Å². The second kappa shape index (κ2) is 9.88. The second-order valence-electron chi connectivity index (χ2n) is 10.8. The number of nitrogens with zero attached hydrogens (tertiary/aromatic N) is 1. The number of Topliss-reactive ketones (excluding diaryl/α,β-unsaturated/α-hetero) is 2. The number of amides is 1. The number of nitrogens with two attached hydrogens (primary N) is 1. The number of aliphatic hydroxyl groups is 3. The first kappa shape index (κ1) is 27.6. The van der Waals surface area contributed by atoms with Crippen LogP contribution in [0.5, 0.6) is 5.75 Å². The minimum atomic E-state index is -2.66. The largest absolute Gasteiger partial charge is 0.510 e. The molecule has 10 nitrogen and oxygen atoms in total. The lowest BCUT2D eigenvalue weighted by atomic mass is 9.58. The number of carbonyl (C=O) groups is 3. The Morgan fingerprint density at radius 1 is 1.15 bits per heavy atom. The van der Waals surface area contributed by atoms with Crippen molar-refractivity contribution in [3.63, 3.8) is 0 Å². The van der Waals surface area contributed by atoms with Crippen LogP contribution in [0.15, 0.2) is 59.1 Å². The van der Waals surface area contributed by atoms with E-state index in [1.807, 2.05) is 31.2 Å². The smallest absolute Gasteiger partial charge is 0.255 e. The number of ether oxygens (including phenoxy) is 1. The third-order valence-electron chi connectivity index (χ3n) is 8.32. The quantitative estimate of drug-likeness (QED) is 0.340. The van der Waals surface area contributed by atoms with E-state index in [0.717, 1.165) is 16.7 Å². The predicted molar refractivity (Wildman–Crippen MR) is 144 cm³/mol. The molecule has 0 bridgehead atoms. The predicted octanol–water partition coefficient (Wildman–Crippen LogP) is 2.32. The number of allylic oxidation sites excluding steroid dienone is 1. The Bertz CT molecular complexity index is 1510. The average Bonchev–Trinajstić information content (AvgIpc) is 2.89. The van der Waals surface area contributed by atoms with Crippen molar-refractivity contribution in [3.8, 4) is 16.9 Å². The standard InChI is InChI=1S/C30H32N2O8/c1-4-40-13-14-6-5-7-15(10-14)17-8-9-20(33)22-18(17)11-16-12-19-24(32(2)3)26(35)23(29(31)38)28(37)30(19,39)27(36)21(16)25(22)34/h5-10,16,19,24,33,35-36,39H,4,11-13H2,1-3H3,(H2,31,38)/t16-,19-,24-,30-/m0/s1. The van der Waals surface area contributed by atoms with Crippen LogP contribution >= 0.6 is 0 Å². The summed E-state index contributed by atoms with van der Waals surface area (Å²) in [6, 6.07) is 9.75. The highest BCUT2D eigenvalue weighted by Gasteiger charge is 2.63. The minimum absolute atomic E-state index is 0.0199. The van der Waals surface area contributed by atoms with E-state index in [0.29, 0.717) is 18.8 Å². The number of aliphatic hydroxyl groups excluding tert-OH is 2. The fraction of sp³-hybridized carbons (Fsp3) is 0.367. The SMILES string of the molecule is CCOCc1cccc(-c2ccc(O)c3c2C[C@H]2C[C@H]4[C@H](N(C)C)C(O)=C(C(N)=O)C(=O)[C@@]4(O)C(O)=C2C3=O)c1. The molecule has 5 rings (SSSR count). The highest BCUT2D eigenvalue weighted by atomic mass is 16.5. The third kappa shape index (κ3) is 3.94. The Balaban J connectivity index is 1.68. The molecule has 210 valence electrons. The first-order valence-corrected chi connectivity index (χ1v) is 13.1. The molecular formula is C30H32N2O8. The molecule has 6 N–H and O–H groups in total. The number of primary amides is 1. The van der Waals surface area contributed by atoms with E-state index >= 15 is 0 Å². The molecule has 3 aliphatic rings. The van der Waals surface area contributed by atoms with E-state index in [1.54, 1.807) is 20.2 Å². The van der Waals surface area contributed by atoms with Crippen molar-refractivity contribution in [2.45, 2.75) is 38.0 Å². The molecule has 0 saturated heterocycles. The molecule has 2 aromatic rings. The number of hydrogen-bond acceptors (Lipinski definition) is 9. The molecule has 4 atom stereocenters. The zero-order valence-corrected chi connectivity index (χ0v) is 22.5. The van der Waals surface area contributed by atoms with Gasteiger partial charge in [0, 0.05) is 18.1 Å². The zero-order valence-electron chi connectivity index (χ0n) is 22.5. The van der Waals surface area contributed by atoms with Crippen LogP contribution in [-0.2, 0) is 27.4 Å². The Labute approximate surface area is 231 Å². The summed E-state index contributed by atoms with van der Waals surface area (Å²) in [5, 5.41) is 44.8. The molecule has 0 fully saturated rings. The second-order valence-corrected chi connectivity index (χ2v) is 10.8. The number of rotatable bonds is 6. The minimum Gasteiger partial charge on any atom is -0.510 e. The van der Waals surface area contributed by atoms with Crippen molar-refractivity contribution in [2.75, 3.05) is 20.7 Å². The molecule has 0 saturated carbocycles. The Kier molecular flexibility index (Phi) is 6.81. The number of phenols is 1. The number of ketones is 2. The van der Waals surface area contributed by atoms with Gasteiger partial charge in [0.2, 0.25) is 5.78 Å². The van der Waals surface area contributed by atoms with Gasteiger partial charge in [-0.1, -0.05) is 24.3 Å². The lowest BCUT2D eigenvalue weighted by Gasteiger charge is -2.50. The number of benzene rings is 2. The van der Waals surface area contributed by atoms with Gasteiger partial charge >= 0.3 is 0 Å². The van der Waals surface area contributed by atoms with Crippen molar-refractivity contribution in [1.29, 1.82) is 0 Å². The molecule has 0 spiro atoms. The number of carbonyl (C=O) groups excluding carboxylic acids is 3. The van der Waals surface area contributed by atoms with Crippen molar-refractivity contribution in [1.82, 2.24) is 4.90 Å². The summed E-state index contributed by atoms with van der Waals surface area (Å²) < 4.78 is 5.53. The van der Waals surface area contributed by atoms with Crippen LogP contribution in [0.4, 0.5) is 0 Å². The van der Waals surface area contributed by atoms with Crippen molar-refractivity contribution >= 4 is 17.5 Å². The summed E-state index contributed by atoms with van der Waals surface area (Å²) in [4.78, 5) is 41.0. The van der Waals surface area contributed by atoms with Crippen LogP contribution in [-0.4, -0.2) is 75.1 Å². The monoisotopic (exact) mass is 548 g/mol. The van der Waals surface area contributed by atoms with E-state index < -0.39 is 58.0 Å². The van der Waals surface area contributed by atoms with Gasteiger partial charge in [-0.3, -0.25) is 19.3 Å². The first-order valence-electron chi connectivity index (χ1n) is 13.1. The van der Waals surface area contributed by atoms with Gasteiger partial charge < -0.3 is 30.9 Å². The van der Waals surface area contributed by atoms with Gasteiger partial charge in [-0.05, 0) is 74.2 Å². The van der Waals surface area contributed by atoms with Crippen LogP contribution in [0.1, 0.15) is 34.8 Å². The molecule has 0 aliphatic heterocycles. The summed E-state index contributed by atoms with van der Waals surface area (Å²) in [5.74, 6) is -6.71. The number of phenolic OH excluding ortho intramolecular Hbond substituents is 1. The summed E-state index contributed by atoms with van der Waals surface area (Å²) in [6.45, 7) is 2.88. The normalized spacial score (nSPS) is 26.1. The molecular weight excluding hydrogens is 516 g/mol. The topological polar surface area (TPSA) is 171 Å². The average molecular weight is 549 g/mol. The number of hydrogen-bond donors (Lipinski definition) is 5. The van der Waals surface area contributed by atoms with Gasteiger partial charge in [0.15, 0.2) is 11.4 Å². The van der Waals surface area contributed by atoms with Gasteiger partial charge in [-0.2, -0.15) is 0 Å². The highest BCUT2D eigenvalue weighted by molar-refractivity contribution is 6.24. The zero-order chi connectivity index (χ0) is 29.1. The van der Waals surface area contributed by atoms with Crippen molar-refractivity contribution in [2.24, 2.45) is 17.6 Å². The van der Waals surface area contributed by atoms with Gasteiger partial charge in [-0.25, -0.2) is 0 Å². The van der Waals surface area contributed by atoms with E-state index in [9.17, 15) is 34.8 Å². The third-order valence-corrected chi connectivity index (χ3v) is 8.32. The molecule has 2 aromatic carbocycles. The van der Waals surface area contributed by atoms with Crippen LogP contribution < -0.4 is 5.73 Å². The van der Waals surface area contributed by atoms with Crippen LogP contribution in [0.25, 0.3) is 11.1 Å². The molecule has 1 amide bonds. The fourth-order valence-corrected chi connectivity index (χ4v) is 6.57. The molecule has 10 heteroatoms. The van der Waals surface area contributed by atoms with Crippen LogP contribution in [0.3, 0.4) is 0 Å². The maximum atomic E-state index is 13.9. The van der Waals surface area contributed by atoms with Crippen LogP contribution in [0, 0.1) is 11.8 Å². The van der Waals surface area contributed by atoms with Gasteiger partial charge in [0.05, 0.1) is 18.2 Å². The lowest BCUT2D eigenvalue weighted by Crippen LogP contribution is -2.63. The summed E-state index contributed by atoms with van der Waals surface area (Å²) in [6.07, 6.45) is 0.249. The summed E-state index contributed by atoms with van der Waals surface area (Å²) in [7, 11) is 3.19. The molecule has 3 aliphatic carbocycles. The maximum absolute atomic E-state index is 13.9. The van der Waals surface area contributed by atoms with E-state index in [-0.39, 0.29) is 29.7 Å². The molecule has 0 radical (unpaired) electrons. The van der Waals surface area contributed by atoms with Gasteiger partial charge in [-0.15, -0.1) is 0 Å². The lowest BCUT2D eigenvalue weighted by molar-refractivity contribution is -0.148. The molecule has 40 heavy (non-hydrogen) atoms. The number of likely N-dealkylation sites (N-methyl/N-ethyl adjacent to an activating group) is 1. The van der Waals surface area contributed by atoms with E-state index in [2.05, 4.69) is 0 Å². The number of fused-ring (bicyclic) bond motifs is 3. The highest BCUT2D eigenvalue weighted by Crippen LogP contribution is 2.53.